The maximum Gasteiger partial charge on any atom is 0.0386 e. The second-order valence-electron chi connectivity index (χ2n) is 4.28. The molecule has 0 fully saturated rings. The van der Waals surface area contributed by atoms with E-state index in [2.05, 4.69) is 57.6 Å². The molecule has 0 amide bonds. The van der Waals surface area contributed by atoms with Crippen molar-refractivity contribution in [3.05, 3.63) is 50.4 Å². The largest absolute Gasteiger partial charge is 0.310 e. The summed E-state index contributed by atoms with van der Waals surface area (Å²) >= 11 is 5.31. The van der Waals surface area contributed by atoms with Gasteiger partial charge in [0.05, 0.1) is 0 Å². The highest BCUT2D eigenvalue weighted by Crippen LogP contribution is 2.26. The van der Waals surface area contributed by atoms with Gasteiger partial charge in [-0.2, -0.15) is 0 Å². The van der Waals surface area contributed by atoms with E-state index in [1.165, 1.54) is 20.5 Å². The van der Waals surface area contributed by atoms with Crippen molar-refractivity contribution in [2.75, 3.05) is 6.54 Å². The number of nitrogens with zero attached hydrogens (tertiary/aromatic N) is 1. The summed E-state index contributed by atoms with van der Waals surface area (Å²) in [4.78, 5) is 5.63. The van der Waals surface area contributed by atoms with Crippen molar-refractivity contribution in [2.24, 2.45) is 0 Å². The number of nitrogens with one attached hydrogen (secondary N) is 1. The molecule has 4 heteroatoms. The van der Waals surface area contributed by atoms with Crippen LogP contribution in [0.3, 0.4) is 0 Å². The van der Waals surface area contributed by atoms with Crippen molar-refractivity contribution in [1.82, 2.24) is 10.3 Å². The third-order valence-corrected chi connectivity index (χ3v) is 4.65. The average molecular weight is 325 g/mol. The summed E-state index contributed by atoms with van der Waals surface area (Å²) in [5.41, 5.74) is 2.59. The van der Waals surface area contributed by atoms with E-state index in [1.807, 2.05) is 12.4 Å². The van der Waals surface area contributed by atoms with Crippen LogP contribution < -0.4 is 5.32 Å². The molecule has 0 saturated heterocycles. The summed E-state index contributed by atoms with van der Waals surface area (Å²) < 4.78 is 1.17. The van der Waals surface area contributed by atoms with Gasteiger partial charge in [-0.15, -0.1) is 11.3 Å². The minimum Gasteiger partial charge on any atom is -0.310 e. The van der Waals surface area contributed by atoms with Gasteiger partial charge in [0.1, 0.15) is 0 Å². The molecule has 0 saturated carbocycles. The molecule has 2 aromatic rings. The normalized spacial score (nSPS) is 12.6. The minimum atomic E-state index is 0.342. The Balaban J connectivity index is 2.20. The number of aromatic nitrogens is 1. The molecule has 0 bridgehead atoms. The van der Waals surface area contributed by atoms with E-state index in [1.54, 1.807) is 11.3 Å². The molecule has 18 heavy (non-hydrogen) atoms. The molecule has 0 aliphatic heterocycles. The number of thiophene rings is 1. The summed E-state index contributed by atoms with van der Waals surface area (Å²) in [6, 6.07) is 4.61. The van der Waals surface area contributed by atoms with Crippen LogP contribution in [0.15, 0.2) is 34.4 Å². The first-order valence-corrected chi connectivity index (χ1v) is 7.74. The molecule has 0 aromatic carbocycles. The van der Waals surface area contributed by atoms with Gasteiger partial charge in [-0.1, -0.05) is 6.92 Å². The van der Waals surface area contributed by atoms with E-state index in [-0.39, 0.29) is 0 Å². The van der Waals surface area contributed by atoms with E-state index in [0.29, 0.717) is 6.04 Å². The van der Waals surface area contributed by atoms with E-state index in [4.69, 9.17) is 0 Å². The van der Waals surface area contributed by atoms with Crippen molar-refractivity contribution in [1.29, 1.82) is 0 Å². The zero-order valence-corrected chi connectivity index (χ0v) is 13.0. The number of hydrogen-bond acceptors (Lipinski definition) is 3. The third kappa shape index (κ3) is 3.40. The molecule has 2 heterocycles. The second kappa shape index (κ2) is 6.45. The Morgan fingerprint density at radius 3 is 2.94 bits per heavy atom. The summed E-state index contributed by atoms with van der Waals surface area (Å²) in [6.07, 6.45) is 4.84. The van der Waals surface area contributed by atoms with E-state index >= 15 is 0 Å². The molecule has 2 rings (SSSR count). The zero-order chi connectivity index (χ0) is 13.0. The molecule has 1 N–H and O–H groups in total. The van der Waals surface area contributed by atoms with Crippen molar-refractivity contribution >= 4 is 27.3 Å². The molecule has 0 aliphatic rings. The lowest BCUT2D eigenvalue weighted by molar-refractivity contribution is 0.549. The molecular formula is C14H17BrN2S. The monoisotopic (exact) mass is 324 g/mol. The smallest absolute Gasteiger partial charge is 0.0386 e. The first-order valence-electron chi connectivity index (χ1n) is 6.07. The number of pyridine rings is 1. The summed E-state index contributed by atoms with van der Waals surface area (Å²) in [6.45, 7) is 5.25. The Morgan fingerprint density at radius 1 is 1.50 bits per heavy atom. The predicted molar refractivity (Wildman–Crippen MR) is 81.1 cm³/mol. The van der Waals surface area contributed by atoms with Crippen LogP contribution in [0.1, 0.15) is 29.0 Å². The Bertz CT molecular complexity index is 510. The summed E-state index contributed by atoms with van der Waals surface area (Å²) in [7, 11) is 0. The minimum absolute atomic E-state index is 0.342. The van der Waals surface area contributed by atoms with Gasteiger partial charge < -0.3 is 5.32 Å². The lowest BCUT2D eigenvalue weighted by Gasteiger charge is -2.19. The molecule has 0 spiro atoms. The highest BCUT2D eigenvalue weighted by Gasteiger charge is 2.14. The fourth-order valence-corrected chi connectivity index (χ4v) is 3.54. The van der Waals surface area contributed by atoms with E-state index in [0.717, 1.165) is 13.0 Å². The number of rotatable bonds is 5. The lowest BCUT2D eigenvalue weighted by Crippen LogP contribution is -2.23. The fraction of sp³-hybridized carbons (Fsp3) is 0.357. The molecule has 96 valence electrons. The number of halogens is 1. The zero-order valence-electron chi connectivity index (χ0n) is 10.6. The first-order chi connectivity index (χ1) is 8.70. The Morgan fingerprint density at radius 2 is 2.33 bits per heavy atom. The van der Waals surface area contributed by atoms with Crippen LogP contribution in [-0.2, 0) is 6.42 Å². The number of hydrogen-bond donors (Lipinski definition) is 1. The summed E-state index contributed by atoms with van der Waals surface area (Å²) in [5, 5.41) is 5.68. The van der Waals surface area contributed by atoms with Crippen LogP contribution >= 0.6 is 27.3 Å². The molecule has 1 unspecified atom stereocenters. The lowest BCUT2D eigenvalue weighted by atomic mass is 10.0. The topological polar surface area (TPSA) is 24.9 Å². The van der Waals surface area contributed by atoms with E-state index < -0.39 is 0 Å². The molecule has 1 atom stereocenters. The van der Waals surface area contributed by atoms with Gasteiger partial charge in [0, 0.05) is 39.6 Å². The van der Waals surface area contributed by atoms with Crippen LogP contribution in [0.2, 0.25) is 0 Å². The van der Waals surface area contributed by atoms with Crippen molar-refractivity contribution in [3.63, 3.8) is 0 Å². The van der Waals surface area contributed by atoms with Crippen molar-refractivity contribution in [2.45, 2.75) is 26.3 Å². The van der Waals surface area contributed by atoms with Gasteiger partial charge in [0.2, 0.25) is 0 Å². The van der Waals surface area contributed by atoms with Crippen molar-refractivity contribution in [3.8, 4) is 0 Å². The second-order valence-corrected chi connectivity index (χ2v) is 6.19. The SMILES string of the molecule is CCNC(Cc1cc(Br)cs1)c1cnccc1C. The molecule has 2 nitrogen and oxygen atoms in total. The van der Waals surface area contributed by atoms with Gasteiger partial charge in [0.15, 0.2) is 0 Å². The maximum atomic E-state index is 4.25. The van der Waals surface area contributed by atoms with Gasteiger partial charge >= 0.3 is 0 Å². The van der Waals surface area contributed by atoms with E-state index in [9.17, 15) is 0 Å². The highest BCUT2D eigenvalue weighted by atomic mass is 79.9. The van der Waals surface area contributed by atoms with Gasteiger partial charge in [-0.25, -0.2) is 0 Å². The predicted octanol–water partition coefficient (Wildman–Crippen LogP) is 4.11. The quantitative estimate of drug-likeness (QED) is 0.895. The molecule has 0 aliphatic carbocycles. The Labute approximate surface area is 121 Å². The fourth-order valence-electron chi connectivity index (χ4n) is 2.04. The van der Waals surface area contributed by atoms with Crippen LogP contribution in [0.4, 0.5) is 0 Å². The first kappa shape index (κ1) is 13.7. The number of aryl methyl sites for hydroxylation is 1. The molecule has 0 radical (unpaired) electrons. The molecular weight excluding hydrogens is 308 g/mol. The van der Waals surface area contributed by atoms with Gasteiger partial charge in [0.25, 0.3) is 0 Å². The Kier molecular flexibility index (Phi) is 4.92. The van der Waals surface area contributed by atoms with Crippen molar-refractivity contribution < 1.29 is 0 Å². The third-order valence-electron chi connectivity index (χ3n) is 2.93. The number of likely N-dealkylation sites (N-methyl/N-ethyl adjacent to an activating group) is 1. The standard InChI is InChI=1S/C14H17BrN2S/c1-3-17-14(7-12-6-11(15)9-18-12)13-8-16-5-4-10(13)2/h4-6,8-9,14,17H,3,7H2,1-2H3. The van der Waals surface area contributed by atoms with Crippen LogP contribution in [-0.4, -0.2) is 11.5 Å². The maximum absolute atomic E-state index is 4.25. The molecule has 2 aromatic heterocycles. The average Bonchev–Trinajstić information content (AvgIpc) is 2.75. The summed E-state index contributed by atoms with van der Waals surface area (Å²) in [5.74, 6) is 0. The van der Waals surface area contributed by atoms with Gasteiger partial charge in [-0.05, 0) is 52.7 Å². The van der Waals surface area contributed by atoms with Crippen LogP contribution in [0, 0.1) is 6.92 Å². The van der Waals surface area contributed by atoms with Crippen LogP contribution in [0.5, 0.6) is 0 Å². The van der Waals surface area contributed by atoms with Gasteiger partial charge in [-0.3, -0.25) is 4.98 Å². The highest BCUT2D eigenvalue weighted by molar-refractivity contribution is 9.10. The Hall–Kier alpha value is -0.710. The van der Waals surface area contributed by atoms with Crippen LogP contribution in [0.25, 0.3) is 0 Å².